The Labute approximate surface area is 205 Å². The lowest BCUT2D eigenvalue weighted by atomic mass is 9.75. The molecule has 182 valence electrons. The van der Waals surface area contributed by atoms with E-state index in [4.69, 9.17) is 0 Å². The lowest BCUT2D eigenvalue weighted by molar-refractivity contribution is -0.136. The van der Waals surface area contributed by atoms with Crippen molar-refractivity contribution >= 4 is 29.2 Å². The van der Waals surface area contributed by atoms with E-state index in [1.807, 2.05) is 36.9 Å². The second-order valence-corrected chi connectivity index (χ2v) is 10.3. The zero-order valence-electron chi connectivity index (χ0n) is 20.1. The number of urea groups is 1. The number of carbonyl (C=O) groups excluding carboxylic acids is 3. The number of nitrogens with zero attached hydrogens (tertiary/aromatic N) is 3. The molecule has 4 amide bonds. The van der Waals surface area contributed by atoms with Gasteiger partial charge in [0.25, 0.3) is 5.91 Å². The maximum atomic E-state index is 13.5. The smallest absolute Gasteiger partial charge is 0.325 e. The Morgan fingerprint density at radius 1 is 1.18 bits per heavy atom. The monoisotopic (exact) mass is 482 g/mol. The average Bonchev–Trinajstić information content (AvgIpc) is 3.38. The number of hydrogen-bond acceptors (Lipinski definition) is 5. The highest BCUT2D eigenvalue weighted by Crippen LogP contribution is 2.36. The van der Waals surface area contributed by atoms with Crippen LogP contribution in [0, 0.1) is 12.8 Å². The van der Waals surface area contributed by atoms with Gasteiger partial charge in [-0.25, -0.2) is 9.78 Å². The summed E-state index contributed by atoms with van der Waals surface area (Å²) in [5.74, 6) is 0.107. The van der Waals surface area contributed by atoms with Gasteiger partial charge in [0.1, 0.15) is 5.54 Å². The maximum absolute atomic E-state index is 13.5. The molecule has 0 aliphatic carbocycles. The largest absolute Gasteiger partial charge is 0.343 e. The number of piperidine rings is 1. The molecule has 1 atom stereocenters. The Balaban J connectivity index is 1.30. The molecule has 0 bridgehead atoms. The van der Waals surface area contributed by atoms with Crippen LogP contribution in [0.1, 0.15) is 55.2 Å². The first kappa shape index (κ1) is 24.4. The minimum atomic E-state index is -0.859. The van der Waals surface area contributed by atoms with Gasteiger partial charge < -0.3 is 10.2 Å². The molecule has 8 heteroatoms. The summed E-state index contributed by atoms with van der Waals surface area (Å²) in [6, 6.07) is 9.94. The van der Waals surface area contributed by atoms with Crippen LogP contribution in [0.5, 0.6) is 0 Å². The van der Waals surface area contributed by atoms with Gasteiger partial charge in [0.2, 0.25) is 5.91 Å². The number of nitrogens with one attached hydrogen (secondary N) is 1. The number of rotatable bonds is 9. The average molecular weight is 483 g/mol. The van der Waals surface area contributed by atoms with Crippen LogP contribution >= 0.6 is 11.3 Å². The Kier molecular flexibility index (Phi) is 7.66. The fraction of sp³-hybridized carbons (Fsp3) is 0.538. The first-order chi connectivity index (χ1) is 16.4. The molecule has 34 heavy (non-hydrogen) atoms. The van der Waals surface area contributed by atoms with E-state index in [1.165, 1.54) is 10.5 Å². The molecule has 0 radical (unpaired) electrons. The minimum Gasteiger partial charge on any atom is -0.343 e. The summed E-state index contributed by atoms with van der Waals surface area (Å²) in [5, 5.41) is 3.05. The molecular formula is C26H34N4O3S. The van der Waals surface area contributed by atoms with E-state index in [-0.39, 0.29) is 23.8 Å². The van der Waals surface area contributed by atoms with Crippen molar-refractivity contribution in [2.45, 2.75) is 64.3 Å². The topological polar surface area (TPSA) is 82.6 Å². The zero-order chi connectivity index (χ0) is 24.1. The summed E-state index contributed by atoms with van der Waals surface area (Å²) in [7, 11) is 0. The Hall–Kier alpha value is -2.74. The molecule has 1 aromatic heterocycles. The molecule has 2 aliphatic rings. The number of thiazole rings is 1. The van der Waals surface area contributed by atoms with Crippen LogP contribution in [-0.4, -0.2) is 57.8 Å². The van der Waals surface area contributed by atoms with Crippen molar-refractivity contribution in [3.05, 3.63) is 52.0 Å². The second kappa shape index (κ2) is 10.7. The van der Waals surface area contributed by atoms with Crippen LogP contribution < -0.4 is 5.32 Å². The van der Waals surface area contributed by atoms with Gasteiger partial charge in [-0.3, -0.25) is 14.5 Å². The first-order valence-electron chi connectivity index (χ1n) is 12.3. The third-order valence-electron chi connectivity index (χ3n) is 7.41. The highest BCUT2D eigenvalue weighted by Gasteiger charge is 2.54. The Bertz CT molecular complexity index is 1020. The number of benzene rings is 1. The SMILES string of the molecule is CC[C@@]1(C2CCN(C(=O)CCCc3ccccc3)CC2)NC(=O)N(CCc2scnc2C)C1=O. The van der Waals surface area contributed by atoms with Gasteiger partial charge in [0, 0.05) is 37.4 Å². The summed E-state index contributed by atoms with van der Waals surface area (Å²) in [6.45, 7) is 5.56. The van der Waals surface area contributed by atoms with Crippen LogP contribution in [0.2, 0.25) is 0 Å². The normalized spacial score (nSPS) is 21.2. The number of likely N-dealkylation sites (tertiary alicyclic amines) is 1. The van der Waals surface area contributed by atoms with E-state index in [1.54, 1.807) is 16.8 Å². The Morgan fingerprint density at radius 3 is 2.56 bits per heavy atom. The number of carbonyl (C=O) groups is 3. The third-order valence-corrected chi connectivity index (χ3v) is 8.41. The van der Waals surface area contributed by atoms with E-state index in [0.717, 1.165) is 36.3 Å². The molecule has 2 saturated heterocycles. The van der Waals surface area contributed by atoms with Crippen LogP contribution in [0.3, 0.4) is 0 Å². The third kappa shape index (κ3) is 5.02. The van der Waals surface area contributed by atoms with Crippen molar-refractivity contribution in [2.24, 2.45) is 5.92 Å². The molecule has 3 heterocycles. The van der Waals surface area contributed by atoms with Crippen molar-refractivity contribution in [3.63, 3.8) is 0 Å². The summed E-state index contributed by atoms with van der Waals surface area (Å²) in [4.78, 5) is 47.6. The highest BCUT2D eigenvalue weighted by molar-refractivity contribution is 7.09. The van der Waals surface area contributed by atoms with Crippen LogP contribution in [0.15, 0.2) is 35.8 Å². The van der Waals surface area contributed by atoms with Gasteiger partial charge in [0.05, 0.1) is 11.2 Å². The van der Waals surface area contributed by atoms with E-state index >= 15 is 0 Å². The quantitative estimate of drug-likeness (QED) is 0.549. The fourth-order valence-corrected chi connectivity index (χ4v) is 6.07. The highest BCUT2D eigenvalue weighted by atomic mass is 32.1. The zero-order valence-corrected chi connectivity index (χ0v) is 20.9. The van der Waals surface area contributed by atoms with E-state index in [9.17, 15) is 14.4 Å². The molecule has 2 fully saturated rings. The lowest BCUT2D eigenvalue weighted by Crippen LogP contribution is -2.56. The number of aryl methyl sites for hydroxylation is 2. The van der Waals surface area contributed by atoms with Gasteiger partial charge in [-0.2, -0.15) is 0 Å². The van der Waals surface area contributed by atoms with Gasteiger partial charge in [-0.1, -0.05) is 37.3 Å². The molecular weight excluding hydrogens is 448 g/mol. The predicted octanol–water partition coefficient (Wildman–Crippen LogP) is 3.96. The molecule has 2 aromatic rings. The maximum Gasteiger partial charge on any atom is 0.325 e. The molecule has 0 unspecified atom stereocenters. The van der Waals surface area contributed by atoms with Crippen LogP contribution in [-0.2, 0) is 22.4 Å². The van der Waals surface area contributed by atoms with Crippen molar-refractivity contribution in [1.82, 2.24) is 20.1 Å². The van der Waals surface area contributed by atoms with E-state index in [2.05, 4.69) is 22.4 Å². The van der Waals surface area contributed by atoms with Gasteiger partial charge in [0.15, 0.2) is 0 Å². The van der Waals surface area contributed by atoms with Crippen molar-refractivity contribution < 1.29 is 14.4 Å². The molecule has 0 spiro atoms. The van der Waals surface area contributed by atoms with Gasteiger partial charge in [-0.05, 0) is 50.5 Å². The van der Waals surface area contributed by atoms with E-state index < -0.39 is 5.54 Å². The predicted molar refractivity (Wildman–Crippen MR) is 133 cm³/mol. The van der Waals surface area contributed by atoms with Crippen molar-refractivity contribution in [3.8, 4) is 0 Å². The number of hydrogen-bond donors (Lipinski definition) is 1. The van der Waals surface area contributed by atoms with E-state index in [0.29, 0.717) is 38.9 Å². The summed E-state index contributed by atoms with van der Waals surface area (Å²) in [6.07, 6.45) is 4.93. The van der Waals surface area contributed by atoms with Gasteiger partial charge >= 0.3 is 6.03 Å². The summed E-state index contributed by atoms with van der Waals surface area (Å²) in [5.41, 5.74) is 3.15. The number of amides is 4. The fourth-order valence-electron chi connectivity index (χ4n) is 5.30. The van der Waals surface area contributed by atoms with Crippen LogP contribution in [0.4, 0.5) is 4.79 Å². The molecule has 1 aromatic carbocycles. The molecule has 2 aliphatic heterocycles. The molecule has 4 rings (SSSR count). The first-order valence-corrected chi connectivity index (χ1v) is 13.2. The number of aromatic nitrogens is 1. The van der Waals surface area contributed by atoms with Crippen molar-refractivity contribution in [2.75, 3.05) is 19.6 Å². The van der Waals surface area contributed by atoms with Crippen LogP contribution in [0.25, 0.3) is 0 Å². The minimum absolute atomic E-state index is 0.0393. The Morgan fingerprint density at radius 2 is 1.91 bits per heavy atom. The van der Waals surface area contributed by atoms with Gasteiger partial charge in [-0.15, -0.1) is 11.3 Å². The second-order valence-electron chi connectivity index (χ2n) is 9.32. The molecule has 7 nitrogen and oxygen atoms in total. The van der Waals surface area contributed by atoms with Crippen molar-refractivity contribution in [1.29, 1.82) is 0 Å². The lowest BCUT2D eigenvalue weighted by Gasteiger charge is -2.40. The standard InChI is InChI=1S/C26H34N4O3S/c1-3-26(24(32)30(25(33)28-26)17-14-22-19(2)27-18-34-22)21-12-15-29(16-13-21)23(31)11-7-10-20-8-5-4-6-9-20/h4-6,8-9,18,21H,3,7,10-17H2,1-2H3,(H,28,33)/t26-/m0/s1. The number of imide groups is 1. The molecule has 0 saturated carbocycles. The summed E-state index contributed by atoms with van der Waals surface area (Å²) >= 11 is 1.56. The summed E-state index contributed by atoms with van der Waals surface area (Å²) < 4.78 is 0. The molecule has 1 N–H and O–H groups in total.